The van der Waals surface area contributed by atoms with Gasteiger partial charge in [-0.05, 0) is 22.6 Å². The molecule has 0 saturated heterocycles. The van der Waals surface area contributed by atoms with Gasteiger partial charge in [-0.1, -0.05) is 0 Å². The fourth-order valence-electron chi connectivity index (χ4n) is 0.372. The Morgan fingerprint density at radius 3 is 1.67 bits per heavy atom. The summed E-state index contributed by atoms with van der Waals surface area (Å²) in [5.74, 6) is -2.55. The third kappa shape index (κ3) is 3.20. The van der Waals surface area contributed by atoms with Gasteiger partial charge in [-0.25, -0.2) is 17.6 Å². The lowest BCUT2D eigenvalue weighted by Gasteiger charge is -2.10. The van der Waals surface area contributed by atoms with Crippen LogP contribution in [0.15, 0.2) is 11.9 Å². The van der Waals surface area contributed by atoms with Crippen LogP contribution in [0.5, 0.6) is 0 Å². The number of hydrogen-bond acceptors (Lipinski definition) is 0. The molecule has 0 aromatic rings. The molecule has 3 unspecified atom stereocenters. The molecular weight excluding hydrogens is 301 g/mol. The molecule has 3 atom stereocenters. The van der Waals surface area contributed by atoms with Crippen LogP contribution in [-0.4, -0.2) is 16.5 Å². The lowest BCUT2D eigenvalue weighted by molar-refractivity contribution is 0.128. The number of rotatable bonds is 3. The molecule has 12 heavy (non-hydrogen) atoms. The first-order chi connectivity index (χ1) is 5.37. The summed E-state index contributed by atoms with van der Waals surface area (Å²) in [5.41, 5.74) is 0. The summed E-state index contributed by atoms with van der Waals surface area (Å²) in [4.78, 5) is 0. The van der Waals surface area contributed by atoms with Crippen molar-refractivity contribution in [2.24, 2.45) is 0 Å². The van der Waals surface area contributed by atoms with E-state index in [2.05, 4.69) is 0 Å². The van der Waals surface area contributed by atoms with Gasteiger partial charge < -0.3 is 0 Å². The van der Waals surface area contributed by atoms with Crippen molar-refractivity contribution in [3.05, 3.63) is 11.9 Å². The van der Waals surface area contributed by atoms with E-state index in [0.717, 1.165) is 22.6 Å². The lowest BCUT2D eigenvalue weighted by Crippen LogP contribution is -2.24. The fourth-order valence-corrected chi connectivity index (χ4v) is 0.736. The van der Waals surface area contributed by atoms with Crippen molar-refractivity contribution in [3.8, 4) is 0 Å². The van der Waals surface area contributed by atoms with Crippen LogP contribution in [0.3, 0.4) is 0 Å². The Labute approximate surface area is 77.8 Å². The normalized spacial score (nSPS) is 18.2. The maximum Gasteiger partial charge on any atom is 0.304 e. The zero-order chi connectivity index (χ0) is 9.89. The second-order valence-corrected chi connectivity index (χ2v) is 2.98. The standard InChI is InChI=1S/C5H3F6I/c6-1(2(7)4(9)10)3(8)5(11)12/h1,3,5H. The van der Waals surface area contributed by atoms with Crippen molar-refractivity contribution >= 4 is 22.6 Å². The summed E-state index contributed by atoms with van der Waals surface area (Å²) >= 11 is 0.825. The largest absolute Gasteiger partial charge is 0.304 e. The molecule has 0 fully saturated rings. The van der Waals surface area contributed by atoms with Crippen molar-refractivity contribution in [1.29, 1.82) is 0 Å². The second kappa shape index (κ2) is 4.93. The minimum atomic E-state index is -3.23. The molecule has 0 aliphatic rings. The third-order valence-electron chi connectivity index (χ3n) is 0.943. The number of alkyl halides is 4. The van der Waals surface area contributed by atoms with E-state index in [1.54, 1.807) is 0 Å². The maximum atomic E-state index is 12.2. The fraction of sp³-hybridized carbons (Fsp3) is 0.600. The highest BCUT2D eigenvalue weighted by atomic mass is 127. The van der Waals surface area contributed by atoms with Gasteiger partial charge in [0.1, 0.15) is 0 Å². The minimum Gasteiger partial charge on any atom is -0.240 e. The first-order valence-electron chi connectivity index (χ1n) is 2.65. The van der Waals surface area contributed by atoms with E-state index in [1.807, 2.05) is 0 Å². The summed E-state index contributed by atoms with van der Waals surface area (Å²) in [6, 6.07) is 0. The molecule has 0 amide bonds. The Morgan fingerprint density at radius 1 is 1.00 bits per heavy atom. The van der Waals surface area contributed by atoms with E-state index in [4.69, 9.17) is 0 Å². The van der Waals surface area contributed by atoms with Gasteiger partial charge in [-0.3, -0.25) is 0 Å². The first-order valence-corrected chi connectivity index (χ1v) is 3.89. The summed E-state index contributed by atoms with van der Waals surface area (Å²) in [5, 5.41) is 0. The van der Waals surface area contributed by atoms with Crippen molar-refractivity contribution in [3.63, 3.8) is 0 Å². The van der Waals surface area contributed by atoms with E-state index in [-0.39, 0.29) is 0 Å². The Bertz CT molecular complexity index is 175. The molecule has 72 valence electrons. The van der Waals surface area contributed by atoms with Crippen molar-refractivity contribution in [2.45, 2.75) is 16.5 Å². The van der Waals surface area contributed by atoms with Crippen LogP contribution in [0.1, 0.15) is 0 Å². The minimum absolute atomic E-state index is 0.825. The van der Waals surface area contributed by atoms with Gasteiger partial charge in [0.2, 0.25) is 5.83 Å². The van der Waals surface area contributed by atoms with Crippen LogP contribution in [0.2, 0.25) is 0 Å². The van der Waals surface area contributed by atoms with Crippen LogP contribution >= 0.6 is 22.6 Å². The Kier molecular flexibility index (Phi) is 4.95. The topological polar surface area (TPSA) is 0 Å². The van der Waals surface area contributed by atoms with Crippen LogP contribution < -0.4 is 0 Å². The maximum absolute atomic E-state index is 12.2. The first kappa shape index (κ1) is 12.0. The molecule has 0 nitrogen and oxygen atoms in total. The molecule has 0 bridgehead atoms. The van der Waals surface area contributed by atoms with Gasteiger partial charge in [0.25, 0.3) is 0 Å². The van der Waals surface area contributed by atoms with Gasteiger partial charge in [0.15, 0.2) is 16.5 Å². The summed E-state index contributed by atoms with van der Waals surface area (Å²) in [6.07, 6.45) is -9.11. The Hall–Kier alpha value is 0.0500. The molecule has 0 aromatic carbocycles. The number of hydrogen-bond donors (Lipinski definition) is 0. The van der Waals surface area contributed by atoms with Crippen molar-refractivity contribution < 1.29 is 26.3 Å². The quantitative estimate of drug-likeness (QED) is 0.425. The molecule has 0 aromatic heterocycles. The summed E-state index contributed by atoms with van der Waals surface area (Å²) in [6.45, 7) is 0. The van der Waals surface area contributed by atoms with E-state index in [1.165, 1.54) is 0 Å². The molecule has 0 aliphatic carbocycles. The summed E-state index contributed by atoms with van der Waals surface area (Å²) < 4.78 is 68.3. The van der Waals surface area contributed by atoms with Gasteiger partial charge in [-0.15, -0.1) is 0 Å². The highest BCUT2D eigenvalue weighted by Crippen LogP contribution is 2.26. The van der Waals surface area contributed by atoms with Gasteiger partial charge in [0.05, 0.1) is 0 Å². The summed E-state index contributed by atoms with van der Waals surface area (Å²) in [7, 11) is 0. The molecule has 0 spiro atoms. The highest BCUT2D eigenvalue weighted by Gasteiger charge is 2.33. The predicted octanol–water partition coefficient (Wildman–Crippen LogP) is 3.47. The molecule has 0 heterocycles. The van der Waals surface area contributed by atoms with E-state index in [9.17, 15) is 26.3 Å². The van der Waals surface area contributed by atoms with Crippen molar-refractivity contribution in [2.75, 3.05) is 0 Å². The smallest absolute Gasteiger partial charge is 0.240 e. The van der Waals surface area contributed by atoms with Crippen LogP contribution in [0, 0.1) is 0 Å². The zero-order valence-corrected chi connectivity index (χ0v) is 7.54. The van der Waals surface area contributed by atoms with Crippen LogP contribution in [-0.2, 0) is 0 Å². The van der Waals surface area contributed by atoms with E-state index < -0.39 is 28.4 Å². The van der Waals surface area contributed by atoms with Gasteiger partial charge >= 0.3 is 6.08 Å². The Balaban J connectivity index is 4.40. The predicted molar refractivity (Wildman–Crippen MR) is 39.1 cm³/mol. The highest BCUT2D eigenvalue weighted by molar-refractivity contribution is 14.1. The van der Waals surface area contributed by atoms with Crippen LogP contribution in [0.25, 0.3) is 0 Å². The molecule has 0 radical (unpaired) electrons. The van der Waals surface area contributed by atoms with Gasteiger partial charge in [0, 0.05) is 0 Å². The molecular formula is C5H3F6I. The zero-order valence-electron chi connectivity index (χ0n) is 5.38. The van der Waals surface area contributed by atoms with Crippen molar-refractivity contribution in [1.82, 2.24) is 0 Å². The molecule has 0 rings (SSSR count). The second-order valence-electron chi connectivity index (χ2n) is 1.79. The third-order valence-corrected chi connectivity index (χ3v) is 1.63. The Morgan fingerprint density at radius 2 is 1.42 bits per heavy atom. The molecule has 0 N–H and O–H groups in total. The number of halogens is 7. The molecule has 0 aliphatic heterocycles. The van der Waals surface area contributed by atoms with E-state index in [0.29, 0.717) is 0 Å². The molecule has 7 heteroatoms. The van der Waals surface area contributed by atoms with Crippen LogP contribution in [0.4, 0.5) is 26.3 Å². The lowest BCUT2D eigenvalue weighted by atomic mass is 10.2. The van der Waals surface area contributed by atoms with E-state index >= 15 is 0 Å². The average molecular weight is 304 g/mol. The van der Waals surface area contributed by atoms with Gasteiger partial charge in [-0.2, -0.15) is 8.78 Å². The average Bonchev–Trinajstić information content (AvgIpc) is 2.00. The monoisotopic (exact) mass is 304 g/mol. The number of allylic oxidation sites excluding steroid dienone is 1. The SMILES string of the molecule is FC(F)=C(F)C(F)C(F)C(F)I. The molecule has 0 saturated carbocycles.